The molecule has 2 fully saturated rings. The molecule has 218 valence electrons. The van der Waals surface area contributed by atoms with E-state index in [4.69, 9.17) is 0 Å². The second-order valence-electron chi connectivity index (χ2n) is 11.1. The molecule has 2 aliphatic heterocycles. The number of nitrogens with zero attached hydrogens (tertiary/aromatic N) is 4. The normalized spacial score (nSPS) is 15.8. The van der Waals surface area contributed by atoms with Crippen molar-refractivity contribution in [1.82, 2.24) is 19.8 Å². The summed E-state index contributed by atoms with van der Waals surface area (Å²) in [6.07, 6.45) is 8.60. The van der Waals surface area contributed by atoms with Crippen molar-refractivity contribution in [3.63, 3.8) is 0 Å². The van der Waals surface area contributed by atoms with Crippen LogP contribution in [0.5, 0.6) is 0 Å². The number of aromatic nitrogens is 2. The molecule has 8 nitrogen and oxygen atoms in total. The molecule has 2 N–H and O–H groups in total. The van der Waals surface area contributed by atoms with Gasteiger partial charge in [-0.15, -0.1) is 22.7 Å². The van der Waals surface area contributed by atoms with Crippen molar-refractivity contribution in [2.75, 3.05) is 36.8 Å². The van der Waals surface area contributed by atoms with Crippen molar-refractivity contribution in [2.45, 2.75) is 52.6 Å². The molecule has 0 aliphatic carbocycles. The lowest BCUT2D eigenvalue weighted by Gasteiger charge is -2.16. The number of likely N-dealkylation sites (tertiary alicyclic amines) is 2. The molecule has 4 aromatic rings. The van der Waals surface area contributed by atoms with Gasteiger partial charge in [0.05, 0.1) is 0 Å². The maximum Gasteiger partial charge on any atom is 0.284 e. The molecule has 2 amide bonds. The maximum absolute atomic E-state index is 13.1. The van der Waals surface area contributed by atoms with E-state index in [1.54, 1.807) is 0 Å². The van der Waals surface area contributed by atoms with Crippen LogP contribution in [0.4, 0.5) is 11.4 Å². The fourth-order valence-electron chi connectivity index (χ4n) is 5.77. The van der Waals surface area contributed by atoms with Crippen LogP contribution < -0.4 is 10.6 Å². The third kappa shape index (κ3) is 6.47. The van der Waals surface area contributed by atoms with Gasteiger partial charge >= 0.3 is 0 Å². The molecule has 0 unspecified atom stereocenters. The average Bonchev–Trinajstić information content (AvgIpc) is 3.81. The molecule has 42 heavy (non-hydrogen) atoms. The first kappa shape index (κ1) is 28.7. The van der Waals surface area contributed by atoms with Gasteiger partial charge in [0.15, 0.2) is 10.0 Å². The zero-order valence-electron chi connectivity index (χ0n) is 24.1. The number of carbonyl (C=O) groups excluding carboxylic acids is 2. The largest absolute Gasteiger partial charge is 0.320 e. The molecule has 4 heterocycles. The van der Waals surface area contributed by atoms with Crippen molar-refractivity contribution in [1.29, 1.82) is 0 Å². The van der Waals surface area contributed by atoms with Crippen LogP contribution in [0.1, 0.15) is 66.2 Å². The Morgan fingerprint density at radius 3 is 1.50 bits per heavy atom. The van der Waals surface area contributed by atoms with Crippen LogP contribution in [0.2, 0.25) is 0 Å². The van der Waals surface area contributed by atoms with Gasteiger partial charge < -0.3 is 10.6 Å². The minimum absolute atomic E-state index is 0.196. The molecule has 0 radical (unpaired) electrons. The smallest absolute Gasteiger partial charge is 0.284 e. The Morgan fingerprint density at radius 1 is 0.690 bits per heavy atom. The molecule has 2 aliphatic rings. The highest BCUT2D eigenvalue weighted by atomic mass is 32.1. The van der Waals surface area contributed by atoms with Gasteiger partial charge in [-0.1, -0.05) is 24.3 Å². The van der Waals surface area contributed by atoms with Crippen molar-refractivity contribution < 1.29 is 9.59 Å². The van der Waals surface area contributed by atoms with Gasteiger partial charge in [-0.05, 0) is 100 Å². The second kappa shape index (κ2) is 12.8. The number of rotatable bonds is 9. The number of carbonyl (C=O) groups is 2. The second-order valence-corrected chi connectivity index (χ2v) is 13.3. The third-order valence-corrected chi connectivity index (χ3v) is 10.1. The Bertz CT molecular complexity index is 1470. The summed E-state index contributed by atoms with van der Waals surface area (Å²) in [4.78, 5) is 42.1. The van der Waals surface area contributed by atoms with Gasteiger partial charge in [0.2, 0.25) is 0 Å². The third-order valence-electron chi connectivity index (χ3n) is 8.11. The number of amides is 2. The first-order valence-corrected chi connectivity index (χ1v) is 16.2. The van der Waals surface area contributed by atoms with Crippen molar-refractivity contribution in [3.8, 4) is 11.1 Å². The molecular formula is C32H36N6O2S2. The number of anilines is 2. The van der Waals surface area contributed by atoms with E-state index in [1.165, 1.54) is 48.4 Å². The molecule has 2 saturated heterocycles. The van der Waals surface area contributed by atoms with Crippen LogP contribution in [-0.4, -0.2) is 57.8 Å². The fourth-order valence-corrected chi connectivity index (χ4v) is 7.47. The maximum atomic E-state index is 13.1. The van der Waals surface area contributed by atoms with Crippen LogP contribution in [0.25, 0.3) is 11.1 Å². The highest BCUT2D eigenvalue weighted by Gasteiger charge is 2.20. The lowest BCUT2D eigenvalue weighted by Crippen LogP contribution is -2.17. The van der Waals surface area contributed by atoms with E-state index in [0.29, 0.717) is 10.0 Å². The minimum atomic E-state index is -0.196. The van der Waals surface area contributed by atoms with E-state index in [2.05, 4.69) is 30.4 Å². The Kier molecular flexibility index (Phi) is 8.76. The summed E-state index contributed by atoms with van der Waals surface area (Å²) in [7, 11) is 0. The van der Waals surface area contributed by atoms with Gasteiger partial charge in [-0.3, -0.25) is 19.4 Å². The zero-order valence-corrected chi connectivity index (χ0v) is 25.7. The standard InChI is InChI=1S/C32H36N6O2S2/c1-21-25(9-7-11-27(21)35-29(39)31-33-17-23(41-31)19-37-13-3-4-14-37)26-10-8-12-28(22(26)2)36-30(40)32-34-18-24(42-32)20-38-15-5-6-16-38/h7-12,17-18H,3-6,13-16,19-20H2,1-2H3,(H,35,39)(H,36,40). The van der Waals surface area contributed by atoms with Gasteiger partial charge in [-0.2, -0.15) is 0 Å². The fraction of sp³-hybridized carbons (Fsp3) is 0.375. The summed E-state index contributed by atoms with van der Waals surface area (Å²) >= 11 is 2.92. The van der Waals surface area contributed by atoms with Crippen molar-refractivity contribution in [2.24, 2.45) is 0 Å². The quantitative estimate of drug-likeness (QED) is 0.226. The Hall–Kier alpha value is -3.44. The molecule has 10 heteroatoms. The summed E-state index contributed by atoms with van der Waals surface area (Å²) in [5, 5.41) is 7.10. The van der Waals surface area contributed by atoms with Gasteiger partial charge in [0.1, 0.15) is 0 Å². The lowest BCUT2D eigenvalue weighted by molar-refractivity contribution is 0.101. The van der Waals surface area contributed by atoms with Gasteiger partial charge in [-0.25, -0.2) is 9.97 Å². The summed E-state index contributed by atoms with van der Waals surface area (Å²) in [5.41, 5.74) is 5.40. The Balaban J connectivity index is 1.15. The van der Waals surface area contributed by atoms with Gasteiger partial charge in [0.25, 0.3) is 11.8 Å². The summed E-state index contributed by atoms with van der Waals surface area (Å²) in [6, 6.07) is 11.8. The number of thiazole rings is 2. The summed E-state index contributed by atoms with van der Waals surface area (Å²) < 4.78 is 0. The van der Waals surface area contributed by atoms with E-state index < -0.39 is 0 Å². The van der Waals surface area contributed by atoms with Crippen LogP contribution in [0, 0.1) is 13.8 Å². The summed E-state index contributed by atoms with van der Waals surface area (Å²) in [6.45, 7) is 10.2. The van der Waals surface area contributed by atoms with Crippen molar-refractivity contribution in [3.05, 3.63) is 79.7 Å². The number of hydrogen-bond acceptors (Lipinski definition) is 8. The van der Waals surface area contributed by atoms with Crippen molar-refractivity contribution >= 4 is 45.9 Å². The van der Waals surface area contributed by atoms with E-state index in [0.717, 1.165) is 82.7 Å². The first-order chi connectivity index (χ1) is 20.4. The molecule has 0 spiro atoms. The molecule has 6 rings (SSSR count). The van der Waals surface area contributed by atoms with Crippen LogP contribution >= 0.6 is 22.7 Å². The molecular weight excluding hydrogens is 565 g/mol. The van der Waals surface area contributed by atoms with Crippen LogP contribution in [0.3, 0.4) is 0 Å². The van der Waals surface area contributed by atoms with E-state index in [9.17, 15) is 9.59 Å². The average molecular weight is 601 g/mol. The first-order valence-electron chi connectivity index (χ1n) is 14.6. The van der Waals surface area contributed by atoms with Crippen LogP contribution in [-0.2, 0) is 13.1 Å². The predicted octanol–water partition coefficient (Wildman–Crippen LogP) is 6.58. The summed E-state index contributed by atoms with van der Waals surface area (Å²) in [5.74, 6) is -0.392. The van der Waals surface area contributed by atoms with E-state index in [1.807, 2.05) is 62.6 Å². The lowest BCUT2D eigenvalue weighted by atomic mass is 9.94. The topological polar surface area (TPSA) is 90.5 Å². The highest BCUT2D eigenvalue weighted by molar-refractivity contribution is 7.14. The SMILES string of the molecule is Cc1c(NC(=O)c2ncc(CN3CCCC3)s2)cccc1-c1cccc(NC(=O)c2ncc(CN3CCCC3)s2)c1C. The molecule has 2 aromatic heterocycles. The minimum Gasteiger partial charge on any atom is -0.320 e. The molecule has 0 atom stereocenters. The monoisotopic (exact) mass is 600 g/mol. The van der Waals surface area contributed by atoms with E-state index >= 15 is 0 Å². The Morgan fingerprint density at radius 2 is 1.10 bits per heavy atom. The zero-order chi connectivity index (χ0) is 29.1. The molecule has 0 bridgehead atoms. The number of hydrogen-bond donors (Lipinski definition) is 2. The number of nitrogens with one attached hydrogen (secondary N) is 2. The number of benzene rings is 2. The predicted molar refractivity (Wildman–Crippen MR) is 171 cm³/mol. The van der Waals surface area contributed by atoms with Gasteiger partial charge in [0, 0.05) is 46.6 Å². The van der Waals surface area contributed by atoms with Crippen LogP contribution in [0.15, 0.2) is 48.8 Å². The highest BCUT2D eigenvalue weighted by Crippen LogP contribution is 2.34. The Labute approximate surface area is 254 Å². The molecule has 2 aromatic carbocycles. The molecule has 0 saturated carbocycles. The van der Waals surface area contributed by atoms with E-state index in [-0.39, 0.29) is 11.8 Å².